The zero-order valence-corrected chi connectivity index (χ0v) is 11.8. The smallest absolute Gasteiger partial charge is 0.252 e. The molecule has 0 bridgehead atoms. The number of carbonyl (C=O) groups excluding carboxylic acids is 1. The van der Waals surface area contributed by atoms with E-state index >= 15 is 0 Å². The Morgan fingerprint density at radius 3 is 3.00 bits per heavy atom. The first-order valence-electron chi connectivity index (χ1n) is 7.38. The Kier molecular flexibility index (Phi) is 4.01. The SMILES string of the molecule is O=C(NCC[C@H]1CCCN1)c1cc(=O)[nH]c2ccccc12. The predicted octanol–water partition coefficient (Wildman–Crippen LogP) is 1.40. The van der Waals surface area contributed by atoms with E-state index in [0.29, 0.717) is 23.7 Å². The van der Waals surface area contributed by atoms with Crippen molar-refractivity contribution in [3.8, 4) is 0 Å². The first-order valence-corrected chi connectivity index (χ1v) is 7.38. The van der Waals surface area contributed by atoms with E-state index in [1.165, 1.54) is 18.9 Å². The van der Waals surface area contributed by atoms with Gasteiger partial charge in [0, 0.05) is 29.6 Å². The van der Waals surface area contributed by atoms with Crippen LogP contribution in [0.1, 0.15) is 29.6 Å². The van der Waals surface area contributed by atoms with Crippen molar-refractivity contribution in [2.24, 2.45) is 0 Å². The molecule has 110 valence electrons. The molecule has 1 aliphatic heterocycles. The molecule has 1 saturated heterocycles. The number of fused-ring (bicyclic) bond motifs is 1. The van der Waals surface area contributed by atoms with Crippen molar-refractivity contribution in [1.82, 2.24) is 15.6 Å². The van der Waals surface area contributed by atoms with Crippen molar-refractivity contribution < 1.29 is 4.79 Å². The van der Waals surface area contributed by atoms with Crippen molar-refractivity contribution in [2.45, 2.75) is 25.3 Å². The molecule has 1 aliphatic rings. The number of hydrogen-bond acceptors (Lipinski definition) is 3. The molecule has 2 heterocycles. The number of nitrogens with one attached hydrogen (secondary N) is 3. The molecule has 3 N–H and O–H groups in total. The number of benzene rings is 1. The summed E-state index contributed by atoms with van der Waals surface area (Å²) in [7, 11) is 0. The van der Waals surface area contributed by atoms with Gasteiger partial charge in [0.1, 0.15) is 0 Å². The molecule has 1 aromatic carbocycles. The number of amides is 1. The molecule has 5 heteroatoms. The van der Waals surface area contributed by atoms with Gasteiger partial charge in [-0.05, 0) is 31.9 Å². The quantitative estimate of drug-likeness (QED) is 0.795. The molecular weight excluding hydrogens is 266 g/mol. The Hall–Kier alpha value is -2.14. The maximum Gasteiger partial charge on any atom is 0.252 e. The molecule has 0 spiro atoms. The van der Waals surface area contributed by atoms with Crippen molar-refractivity contribution in [3.63, 3.8) is 0 Å². The molecular formula is C16H19N3O2. The van der Waals surface area contributed by atoms with Crippen LogP contribution in [0.25, 0.3) is 10.9 Å². The van der Waals surface area contributed by atoms with Crippen molar-refractivity contribution in [3.05, 3.63) is 46.2 Å². The van der Waals surface area contributed by atoms with Gasteiger partial charge in [0.05, 0.1) is 5.56 Å². The molecule has 0 saturated carbocycles. The fourth-order valence-corrected chi connectivity index (χ4v) is 2.85. The lowest BCUT2D eigenvalue weighted by atomic mass is 10.1. The van der Waals surface area contributed by atoms with Gasteiger partial charge in [0.25, 0.3) is 5.91 Å². The summed E-state index contributed by atoms with van der Waals surface area (Å²) < 4.78 is 0. The Morgan fingerprint density at radius 2 is 2.19 bits per heavy atom. The number of para-hydroxylation sites is 1. The molecule has 1 aromatic heterocycles. The van der Waals surface area contributed by atoms with Gasteiger partial charge in [0.15, 0.2) is 0 Å². The average Bonchev–Trinajstić information content (AvgIpc) is 2.99. The van der Waals surface area contributed by atoms with Gasteiger partial charge in [-0.2, -0.15) is 0 Å². The Labute approximate surface area is 122 Å². The summed E-state index contributed by atoms with van der Waals surface area (Å²) >= 11 is 0. The predicted molar refractivity (Wildman–Crippen MR) is 82.5 cm³/mol. The van der Waals surface area contributed by atoms with Crippen LogP contribution in [0, 0.1) is 0 Å². The van der Waals surface area contributed by atoms with Gasteiger partial charge in [-0.25, -0.2) is 0 Å². The lowest BCUT2D eigenvalue weighted by Gasteiger charge is -2.11. The van der Waals surface area contributed by atoms with Crippen LogP contribution in [-0.2, 0) is 0 Å². The van der Waals surface area contributed by atoms with Crippen LogP contribution in [0.3, 0.4) is 0 Å². The minimum atomic E-state index is -0.253. The van der Waals surface area contributed by atoms with Crippen LogP contribution in [0.2, 0.25) is 0 Å². The average molecular weight is 285 g/mol. The van der Waals surface area contributed by atoms with E-state index < -0.39 is 0 Å². The third kappa shape index (κ3) is 3.13. The lowest BCUT2D eigenvalue weighted by Crippen LogP contribution is -2.31. The second-order valence-electron chi connectivity index (χ2n) is 5.43. The molecule has 3 rings (SSSR count). The molecule has 5 nitrogen and oxygen atoms in total. The number of H-pyrrole nitrogens is 1. The van der Waals surface area contributed by atoms with Crippen LogP contribution in [-0.4, -0.2) is 30.0 Å². The zero-order valence-electron chi connectivity index (χ0n) is 11.8. The molecule has 0 aliphatic carbocycles. The molecule has 2 aromatic rings. The maximum atomic E-state index is 12.3. The fourth-order valence-electron chi connectivity index (χ4n) is 2.85. The van der Waals surface area contributed by atoms with Crippen LogP contribution in [0.5, 0.6) is 0 Å². The minimum Gasteiger partial charge on any atom is -0.352 e. The third-order valence-corrected chi connectivity index (χ3v) is 3.94. The van der Waals surface area contributed by atoms with Gasteiger partial charge in [-0.1, -0.05) is 18.2 Å². The highest BCUT2D eigenvalue weighted by atomic mass is 16.2. The van der Waals surface area contributed by atoms with Crippen molar-refractivity contribution in [2.75, 3.05) is 13.1 Å². The normalized spacial score (nSPS) is 18.0. The summed E-state index contributed by atoms with van der Waals surface area (Å²) in [4.78, 5) is 26.7. The molecule has 1 fully saturated rings. The van der Waals surface area contributed by atoms with E-state index in [0.717, 1.165) is 18.4 Å². The standard InChI is InChI=1S/C16H19N3O2/c20-15-10-13(12-5-1-2-6-14(12)19-15)16(21)18-9-7-11-4-3-8-17-11/h1-2,5-6,10-11,17H,3-4,7-9H2,(H,18,21)(H,19,20)/t11-/m1/s1. The summed E-state index contributed by atoms with van der Waals surface area (Å²) in [6.45, 7) is 1.69. The monoisotopic (exact) mass is 285 g/mol. The van der Waals surface area contributed by atoms with Crippen LogP contribution < -0.4 is 16.2 Å². The van der Waals surface area contributed by atoms with Gasteiger partial charge in [0.2, 0.25) is 5.56 Å². The topological polar surface area (TPSA) is 74.0 Å². The number of rotatable bonds is 4. The Morgan fingerprint density at radius 1 is 1.33 bits per heavy atom. The number of aromatic amines is 1. The van der Waals surface area contributed by atoms with Gasteiger partial charge < -0.3 is 15.6 Å². The summed E-state index contributed by atoms with van der Waals surface area (Å²) in [5.74, 6) is -0.185. The van der Waals surface area contributed by atoms with E-state index in [2.05, 4.69) is 15.6 Å². The first kappa shape index (κ1) is 13.8. The highest BCUT2D eigenvalue weighted by Gasteiger charge is 2.15. The fraction of sp³-hybridized carbons (Fsp3) is 0.375. The summed E-state index contributed by atoms with van der Waals surface area (Å²) in [5, 5.41) is 7.09. The highest BCUT2D eigenvalue weighted by Crippen LogP contribution is 2.14. The number of carbonyl (C=O) groups is 1. The lowest BCUT2D eigenvalue weighted by molar-refractivity contribution is 0.0954. The summed E-state index contributed by atoms with van der Waals surface area (Å²) in [6.07, 6.45) is 3.30. The minimum absolute atomic E-state index is 0.185. The number of hydrogen-bond donors (Lipinski definition) is 3. The molecule has 1 atom stereocenters. The summed E-state index contributed by atoms with van der Waals surface area (Å²) in [5.41, 5.74) is 0.873. The van der Waals surface area contributed by atoms with Crippen molar-refractivity contribution in [1.29, 1.82) is 0 Å². The molecule has 1 amide bonds. The van der Waals surface area contributed by atoms with E-state index in [4.69, 9.17) is 0 Å². The molecule has 0 unspecified atom stereocenters. The third-order valence-electron chi connectivity index (χ3n) is 3.94. The maximum absolute atomic E-state index is 12.3. The second-order valence-corrected chi connectivity index (χ2v) is 5.43. The molecule has 0 radical (unpaired) electrons. The van der Waals surface area contributed by atoms with Gasteiger partial charge in [-0.3, -0.25) is 9.59 Å². The van der Waals surface area contributed by atoms with E-state index in [9.17, 15) is 9.59 Å². The summed E-state index contributed by atoms with van der Waals surface area (Å²) in [6, 6.07) is 9.22. The second kappa shape index (κ2) is 6.10. The van der Waals surface area contributed by atoms with E-state index in [1.54, 1.807) is 6.07 Å². The van der Waals surface area contributed by atoms with Gasteiger partial charge in [-0.15, -0.1) is 0 Å². The van der Waals surface area contributed by atoms with Crippen LogP contribution in [0.15, 0.2) is 35.1 Å². The van der Waals surface area contributed by atoms with E-state index in [-0.39, 0.29) is 11.5 Å². The van der Waals surface area contributed by atoms with Crippen LogP contribution in [0.4, 0.5) is 0 Å². The molecule has 21 heavy (non-hydrogen) atoms. The van der Waals surface area contributed by atoms with E-state index in [1.807, 2.05) is 18.2 Å². The Balaban J connectivity index is 1.73. The Bertz CT molecular complexity index is 702. The first-order chi connectivity index (χ1) is 10.2. The highest BCUT2D eigenvalue weighted by molar-refractivity contribution is 6.05. The number of aromatic nitrogens is 1. The van der Waals surface area contributed by atoms with Gasteiger partial charge >= 0.3 is 0 Å². The zero-order chi connectivity index (χ0) is 14.7. The number of pyridine rings is 1. The van der Waals surface area contributed by atoms with Crippen LogP contribution >= 0.6 is 0 Å². The largest absolute Gasteiger partial charge is 0.352 e. The van der Waals surface area contributed by atoms with Crippen molar-refractivity contribution >= 4 is 16.8 Å².